The zero-order chi connectivity index (χ0) is 72.3. The van der Waals surface area contributed by atoms with Gasteiger partial charge in [0.15, 0.2) is 0 Å². The summed E-state index contributed by atoms with van der Waals surface area (Å²) in [5, 5.41) is 23.3. The van der Waals surface area contributed by atoms with Crippen LogP contribution < -0.4 is 21.3 Å². The summed E-state index contributed by atoms with van der Waals surface area (Å²) in [4.78, 5) is 172. The zero-order valence-electron chi connectivity index (χ0n) is 61.4. The molecule has 2 rings (SSSR count). The van der Waals surface area contributed by atoms with E-state index in [1.54, 1.807) is 74.5 Å². The molecule has 11 amide bonds. The van der Waals surface area contributed by atoms with Gasteiger partial charge in [0.2, 0.25) is 65.0 Å². The fraction of sp³-hybridized carbons (Fsp3) is 0.729. The van der Waals surface area contributed by atoms with Crippen molar-refractivity contribution in [3.8, 4) is 0 Å². The third-order valence-corrected chi connectivity index (χ3v) is 18.0. The highest BCUT2D eigenvalue weighted by molar-refractivity contribution is 6.00. The minimum Gasteiger partial charge on any atom is -0.390 e. The summed E-state index contributed by atoms with van der Waals surface area (Å²) in [5.41, 5.74) is -0.261. The number of rotatable bonds is 18. The van der Waals surface area contributed by atoms with Crippen molar-refractivity contribution in [2.45, 2.75) is 248 Å². The van der Waals surface area contributed by atoms with Gasteiger partial charge in [-0.15, -0.1) is 0 Å². The summed E-state index contributed by atoms with van der Waals surface area (Å²) in [6, 6.07) is -4.81. The zero-order valence-corrected chi connectivity index (χ0v) is 61.4. The summed E-state index contributed by atoms with van der Waals surface area (Å²) < 4.78 is 6.41. The second-order valence-electron chi connectivity index (χ2n) is 28.6. The monoisotopic (exact) mass is 1320 g/mol. The maximum Gasteiger partial charge on any atom is 0.246 e. The van der Waals surface area contributed by atoms with Crippen LogP contribution in [0.1, 0.15) is 169 Å². The van der Waals surface area contributed by atoms with Gasteiger partial charge in [-0.25, -0.2) is 0 Å². The number of carbonyl (C=O) groups is 11. The molecule has 1 saturated heterocycles. The summed E-state index contributed by atoms with van der Waals surface area (Å²) in [6.07, 6.45) is 2.64. The number of nitrogens with zero attached hydrogens (tertiary/aromatic N) is 7. The van der Waals surface area contributed by atoms with E-state index < -0.39 is 161 Å². The number of aliphatic hydroxyl groups excluding tert-OH is 1. The van der Waals surface area contributed by atoms with Crippen LogP contribution in [0.25, 0.3) is 0 Å². The Labute approximate surface area is 561 Å². The number of ether oxygens (including phenoxy) is 1. The topological polar surface area (TPSA) is 288 Å². The van der Waals surface area contributed by atoms with E-state index in [9.17, 15) is 33.9 Å². The Bertz CT molecular complexity index is 2760. The van der Waals surface area contributed by atoms with E-state index in [0.717, 1.165) is 15.4 Å². The van der Waals surface area contributed by atoms with E-state index >= 15 is 24.0 Å². The maximum atomic E-state index is 15.3. The van der Waals surface area contributed by atoms with E-state index in [4.69, 9.17) is 4.74 Å². The van der Waals surface area contributed by atoms with Gasteiger partial charge in [-0.3, -0.25) is 52.7 Å². The number of hydrogen-bond acceptors (Lipinski definition) is 13. The van der Waals surface area contributed by atoms with Crippen LogP contribution in [0.15, 0.2) is 42.5 Å². The predicted molar refractivity (Wildman–Crippen MR) is 364 cm³/mol. The lowest BCUT2D eigenvalue weighted by Crippen LogP contribution is -2.64. The molecule has 24 nitrogen and oxygen atoms in total. The van der Waals surface area contributed by atoms with Crippen LogP contribution >= 0.6 is 0 Å². The van der Waals surface area contributed by atoms with E-state index in [2.05, 4.69) is 21.3 Å². The molecule has 0 radical (unpaired) electrons. The molecule has 13 atom stereocenters. The maximum absolute atomic E-state index is 15.3. The average molecular weight is 1320 g/mol. The van der Waals surface area contributed by atoms with Crippen molar-refractivity contribution in [3.05, 3.63) is 48.0 Å². The number of benzene rings is 1. The molecular weight excluding hydrogens is 1200 g/mol. The number of aliphatic hydroxyl groups is 1. The van der Waals surface area contributed by atoms with Crippen molar-refractivity contribution in [3.63, 3.8) is 0 Å². The molecule has 532 valence electrons. The minimum absolute atomic E-state index is 0.0125. The Hall–Kier alpha value is -6.95. The van der Waals surface area contributed by atoms with Crippen molar-refractivity contribution in [1.82, 2.24) is 55.6 Å². The lowest BCUT2D eigenvalue weighted by molar-refractivity contribution is -0.157. The standard InChI is InChI=1S/C70H119N11O13/c1-26-28-32-45(13)58(82)57-62(86)73-50(27-2)65(89)75(19)48(16)64(88)79(23)54(38-70(17,18)94-39-49-33-30-29-31-34-49)61(85)74-55(43(9)10)68(92)76(20)51(35-40(3)4)60(84)71-46(14)59(83)72-47(15)63(87)77(21)52(36-41(5)6)66(90)78(22)53(37-42(7)8)67(91)80(24)56(44(11)12)69(93)81(57)25/h26,28-31,33-34,40-48,50-58,82H,27,32,35-39H2,1-25H3,(H,71,84)(H,72,83)(H,73,86)(H,74,85)/b28-26+/t45-,46+,47-,48-,50+,51+,52+,53+,54+,55+,56+,57+,58-/m1/s1. The van der Waals surface area contributed by atoms with E-state index in [-0.39, 0.29) is 56.5 Å². The molecule has 1 aliphatic rings. The molecule has 0 saturated carbocycles. The van der Waals surface area contributed by atoms with Gasteiger partial charge in [0.1, 0.15) is 66.5 Å². The number of allylic oxidation sites excluding steroid dienone is 2. The molecule has 1 aliphatic heterocycles. The number of carbonyl (C=O) groups excluding carboxylic acids is 11. The molecule has 1 aromatic rings. The third kappa shape index (κ3) is 22.9. The van der Waals surface area contributed by atoms with Gasteiger partial charge in [-0.2, -0.15) is 0 Å². The molecule has 0 unspecified atom stereocenters. The fourth-order valence-electron chi connectivity index (χ4n) is 11.8. The molecule has 0 aromatic heterocycles. The molecule has 0 spiro atoms. The molecule has 1 heterocycles. The van der Waals surface area contributed by atoms with Crippen LogP contribution in [-0.2, 0) is 64.1 Å². The fourth-order valence-corrected chi connectivity index (χ4v) is 11.8. The second kappa shape index (κ2) is 37.4. The van der Waals surface area contributed by atoms with Gasteiger partial charge in [0.05, 0.1) is 18.3 Å². The molecular formula is C70H119N11O13. The molecule has 0 bridgehead atoms. The predicted octanol–water partition coefficient (Wildman–Crippen LogP) is 5.00. The number of amides is 11. The Morgan fingerprint density at radius 3 is 1.45 bits per heavy atom. The van der Waals surface area contributed by atoms with Crippen molar-refractivity contribution in [2.24, 2.45) is 35.5 Å². The first-order chi connectivity index (χ1) is 43.5. The second-order valence-corrected chi connectivity index (χ2v) is 28.6. The Kier molecular flexibility index (Phi) is 33.1. The smallest absolute Gasteiger partial charge is 0.246 e. The van der Waals surface area contributed by atoms with E-state index in [1.165, 1.54) is 94.6 Å². The average Bonchev–Trinajstić information content (AvgIpc) is 0.813. The van der Waals surface area contributed by atoms with Crippen molar-refractivity contribution in [1.29, 1.82) is 0 Å². The van der Waals surface area contributed by atoms with Crippen LogP contribution in [0.5, 0.6) is 0 Å². The largest absolute Gasteiger partial charge is 0.390 e. The molecule has 24 heteroatoms. The third-order valence-electron chi connectivity index (χ3n) is 18.0. The summed E-state index contributed by atoms with van der Waals surface area (Å²) in [7, 11) is 9.90. The Balaban J connectivity index is 3.07. The Morgan fingerprint density at radius 1 is 0.500 bits per heavy atom. The molecule has 0 aliphatic carbocycles. The molecule has 94 heavy (non-hydrogen) atoms. The highest BCUT2D eigenvalue weighted by atomic mass is 16.5. The lowest BCUT2D eigenvalue weighted by atomic mass is 9.91. The highest BCUT2D eigenvalue weighted by Gasteiger charge is 2.46. The SMILES string of the molecule is C/C=C/C[C@@H](C)[C@@H](O)[C@H]1C(=O)N[C@@H](CC)C(=O)N(C)[C@H](C)C(=O)N(C)[C@@H](CC(C)(C)OCc2ccccc2)C(=O)N[C@@H](C(C)C)C(=O)N(C)[C@@H](CC(C)C)C(=O)N[C@@H](C)C(=O)N[C@H](C)C(=O)N(C)[C@@H](CC(C)C)C(=O)N(C)[C@@H](CC(C)C)C(=O)N(C)[C@@H](C(C)C)C(=O)N1C. The van der Waals surface area contributed by atoms with E-state index in [0.29, 0.717) is 6.42 Å². The lowest BCUT2D eigenvalue weighted by Gasteiger charge is -2.41. The molecule has 5 N–H and O–H groups in total. The van der Waals surface area contributed by atoms with Crippen molar-refractivity contribution in [2.75, 3.05) is 49.3 Å². The van der Waals surface area contributed by atoms with Crippen LogP contribution in [0.3, 0.4) is 0 Å². The highest BCUT2D eigenvalue weighted by Crippen LogP contribution is 2.27. The van der Waals surface area contributed by atoms with Crippen molar-refractivity contribution >= 4 is 65.0 Å². The van der Waals surface area contributed by atoms with Gasteiger partial charge < -0.3 is 65.4 Å². The van der Waals surface area contributed by atoms with Crippen LogP contribution in [0.4, 0.5) is 0 Å². The molecule has 1 fully saturated rings. The quantitative estimate of drug-likeness (QED) is 0.121. The van der Waals surface area contributed by atoms with Gasteiger partial charge in [0, 0.05) is 55.8 Å². The minimum atomic E-state index is -1.64. The first-order valence-corrected chi connectivity index (χ1v) is 33.6. The molecule has 1 aromatic carbocycles. The van der Waals surface area contributed by atoms with Gasteiger partial charge in [0.25, 0.3) is 0 Å². The first kappa shape index (κ1) is 83.1. The van der Waals surface area contributed by atoms with Crippen LogP contribution in [0.2, 0.25) is 0 Å². The van der Waals surface area contributed by atoms with Crippen LogP contribution in [0, 0.1) is 35.5 Å². The number of nitrogens with one attached hydrogen (secondary N) is 4. The normalized spacial score (nSPS) is 26.4. The van der Waals surface area contributed by atoms with Gasteiger partial charge in [-0.1, -0.05) is 126 Å². The first-order valence-electron chi connectivity index (χ1n) is 33.6. The summed E-state index contributed by atoms with van der Waals surface area (Å²) in [5.74, 6) is -10.1. The number of hydrogen-bond donors (Lipinski definition) is 5. The van der Waals surface area contributed by atoms with E-state index in [1.807, 2.05) is 71.9 Å². The Morgan fingerprint density at radius 2 is 0.957 bits per heavy atom. The summed E-state index contributed by atoms with van der Waals surface area (Å²) >= 11 is 0. The van der Waals surface area contributed by atoms with Crippen molar-refractivity contribution < 1.29 is 62.6 Å². The van der Waals surface area contributed by atoms with Gasteiger partial charge in [-0.05, 0) is 115 Å². The van der Waals surface area contributed by atoms with Gasteiger partial charge >= 0.3 is 0 Å². The number of likely N-dealkylation sites (N-methyl/N-ethyl adjacent to an activating group) is 7. The summed E-state index contributed by atoms with van der Waals surface area (Å²) in [6.45, 7) is 31.3. The van der Waals surface area contributed by atoms with Crippen LogP contribution in [-0.4, -0.2) is 232 Å².